The predicted molar refractivity (Wildman–Crippen MR) is 96.4 cm³/mol. The van der Waals surface area contributed by atoms with Crippen LogP contribution in [0.3, 0.4) is 0 Å². The number of carbonyl (C=O) groups is 2. The number of hydrogen-bond donors (Lipinski definition) is 0. The predicted octanol–water partition coefficient (Wildman–Crippen LogP) is 5.42. The van der Waals surface area contributed by atoms with Crippen LogP contribution in [-0.2, 0) is 0 Å². The van der Waals surface area contributed by atoms with Crippen LogP contribution in [0.5, 0.6) is 5.75 Å². The van der Waals surface area contributed by atoms with E-state index in [1.54, 1.807) is 48.5 Å². The summed E-state index contributed by atoms with van der Waals surface area (Å²) in [6, 6.07) is 18.7. The summed E-state index contributed by atoms with van der Waals surface area (Å²) in [5.41, 5.74) is 2.45. The topological polar surface area (TPSA) is 43.4 Å². The molecule has 3 aromatic carbocycles. The Balaban J connectivity index is 1.82. The van der Waals surface area contributed by atoms with E-state index in [-0.39, 0.29) is 11.6 Å². The summed E-state index contributed by atoms with van der Waals surface area (Å²) in [6.45, 7) is 0. The molecule has 6 heteroatoms. The second-order valence-electron chi connectivity index (χ2n) is 6.37. The van der Waals surface area contributed by atoms with E-state index in [4.69, 9.17) is 0 Å². The minimum atomic E-state index is -4.81. The lowest BCUT2D eigenvalue weighted by Gasteiger charge is -2.15. The van der Waals surface area contributed by atoms with Gasteiger partial charge in [0.15, 0.2) is 11.6 Å². The Labute approximate surface area is 158 Å². The highest BCUT2D eigenvalue weighted by Gasteiger charge is 2.36. The number of alkyl halides is 3. The summed E-state index contributed by atoms with van der Waals surface area (Å²) in [6.07, 6.45) is -4.81. The average molecular weight is 382 g/mol. The molecule has 0 saturated heterocycles. The van der Waals surface area contributed by atoms with Crippen LogP contribution in [0.2, 0.25) is 0 Å². The molecule has 0 radical (unpaired) electrons. The highest BCUT2D eigenvalue weighted by molar-refractivity contribution is 6.26. The maximum Gasteiger partial charge on any atom is 0.573 e. The minimum absolute atomic E-state index is 0.316. The molecule has 140 valence electrons. The number of benzene rings is 3. The van der Waals surface area contributed by atoms with Crippen LogP contribution < -0.4 is 4.74 Å². The molecular formula is C22H13F3O3. The lowest BCUT2D eigenvalue weighted by molar-refractivity contribution is -0.274. The van der Waals surface area contributed by atoms with E-state index in [1.165, 1.54) is 12.1 Å². The Hall–Kier alpha value is -3.41. The van der Waals surface area contributed by atoms with Gasteiger partial charge in [0.2, 0.25) is 0 Å². The van der Waals surface area contributed by atoms with Crippen LogP contribution in [0, 0.1) is 0 Å². The third-order valence-corrected chi connectivity index (χ3v) is 4.65. The van der Waals surface area contributed by atoms with E-state index < -0.39 is 18.0 Å². The molecule has 3 nitrogen and oxygen atoms in total. The second-order valence-corrected chi connectivity index (χ2v) is 6.37. The van der Waals surface area contributed by atoms with Crippen molar-refractivity contribution in [3.05, 3.63) is 89.5 Å². The third-order valence-electron chi connectivity index (χ3n) is 4.65. The van der Waals surface area contributed by atoms with Crippen molar-refractivity contribution in [2.45, 2.75) is 12.3 Å². The zero-order valence-electron chi connectivity index (χ0n) is 14.4. The number of ketones is 2. The molecule has 0 amide bonds. The van der Waals surface area contributed by atoms with Gasteiger partial charge in [-0.25, -0.2) is 0 Å². The number of halogens is 3. The SMILES string of the molecule is O=C1c2ccccc2-c2ccccc2C(=O)C1c1ccc(OC(F)(F)F)cc1. The maximum atomic E-state index is 13.2. The lowest BCUT2D eigenvalue weighted by Crippen LogP contribution is -2.21. The van der Waals surface area contributed by atoms with Gasteiger partial charge in [0.1, 0.15) is 11.7 Å². The standard InChI is InChI=1S/C22H13F3O3/c23-22(24,25)28-14-11-9-13(10-12-14)19-20(26)17-7-3-1-5-15(17)16-6-2-4-8-18(16)21(19)27/h1-12,19H. The summed E-state index contributed by atoms with van der Waals surface area (Å²) in [4.78, 5) is 26.4. The van der Waals surface area contributed by atoms with Crippen LogP contribution in [0.1, 0.15) is 32.2 Å². The van der Waals surface area contributed by atoms with Crippen molar-refractivity contribution in [2.24, 2.45) is 0 Å². The highest BCUT2D eigenvalue weighted by atomic mass is 19.4. The molecule has 0 fully saturated rings. The smallest absolute Gasteiger partial charge is 0.406 e. The molecule has 0 aliphatic heterocycles. The molecule has 0 heterocycles. The Kier molecular flexibility index (Phi) is 4.26. The van der Waals surface area contributed by atoms with Gasteiger partial charge in [-0.15, -0.1) is 13.2 Å². The maximum absolute atomic E-state index is 13.2. The molecule has 0 N–H and O–H groups in total. The van der Waals surface area contributed by atoms with Crippen molar-refractivity contribution in [1.82, 2.24) is 0 Å². The van der Waals surface area contributed by atoms with Crippen molar-refractivity contribution >= 4 is 11.6 Å². The van der Waals surface area contributed by atoms with Crippen LogP contribution in [0.15, 0.2) is 72.8 Å². The van der Waals surface area contributed by atoms with E-state index in [2.05, 4.69) is 4.74 Å². The summed E-state index contributed by atoms with van der Waals surface area (Å²) in [7, 11) is 0. The molecule has 4 rings (SSSR count). The van der Waals surface area contributed by atoms with Crippen molar-refractivity contribution in [2.75, 3.05) is 0 Å². The van der Waals surface area contributed by atoms with E-state index >= 15 is 0 Å². The molecule has 1 aliphatic carbocycles. The molecule has 0 aromatic heterocycles. The zero-order valence-corrected chi connectivity index (χ0v) is 14.4. The van der Waals surface area contributed by atoms with Crippen molar-refractivity contribution in [3.63, 3.8) is 0 Å². The Morgan fingerprint density at radius 2 is 1.07 bits per heavy atom. The van der Waals surface area contributed by atoms with Crippen molar-refractivity contribution in [1.29, 1.82) is 0 Å². The number of Topliss-reactive ketones (excluding diaryl/α,β-unsaturated/α-hetero) is 2. The van der Waals surface area contributed by atoms with Crippen molar-refractivity contribution < 1.29 is 27.5 Å². The van der Waals surface area contributed by atoms with Gasteiger partial charge in [-0.2, -0.15) is 0 Å². The van der Waals surface area contributed by atoms with Crippen LogP contribution >= 0.6 is 0 Å². The number of hydrogen-bond acceptors (Lipinski definition) is 3. The molecule has 28 heavy (non-hydrogen) atoms. The number of rotatable bonds is 2. The van der Waals surface area contributed by atoms with E-state index in [9.17, 15) is 22.8 Å². The van der Waals surface area contributed by atoms with Gasteiger partial charge in [-0.05, 0) is 28.8 Å². The van der Waals surface area contributed by atoms with Gasteiger partial charge in [-0.1, -0.05) is 60.7 Å². The van der Waals surface area contributed by atoms with Crippen LogP contribution in [0.4, 0.5) is 13.2 Å². The van der Waals surface area contributed by atoms with Gasteiger partial charge in [-0.3, -0.25) is 9.59 Å². The summed E-state index contributed by atoms with van der Waals surface area (Å²) in [5.74, 6) is -2.32. The van der Waals surface area contributed by atoms with Gasteiger partial charge in [0.05, 0.1) is 0 Å². The largest absolute Gasteiger partial charge is 0.573 e. The summed E-state index contributed by atoms with van der Waals surface area (Å²) < 4.78 is 41.0. The Bertz CT molecular complexity index is 1010. The molecule has 0 atom stereocenters. The van der Waals surface area contributed by atoms with E-state index in [1.807, 2.05) is 0 Å². The first-order chi connectivity index (χ1) is 13.3. The fourth-order valence-electron chi connectivity index (χ4n) is 3.46. The van der Waals surface area contributed by atoms with Crippen molar-refractivity contribution in [3.8, 4) is 16.9 Å². The molecule has 1 aliphatic rings. The number of fused-ring (bicyclic) bond motifs is 3. The lowest BCUT2D eigenvalue weighted by atomic mass is 9.86. The fraction of sp³-hybridized carbons (Fsp3) is 0.0909. The fourth-order valence-corrected chi connectivity index (χ4v) is 3.46. The Morgan fingerprint density at radius 3 is 1.50 bits per heavy atom. The van der Waals surface area contributed by atoms with Crippen LogP contribution in [0.25, 0.3) is 11.1 Å². The first-order valence-electron chi connectivity index (χ1n) is 8.48. The van der Waals surface area contributed by atoms with Gasteiger partial charge in [0, 0.05) is 11.1 Å². The van der Waals surface area contributed by atoms with Crippen LogP contribution in [-0.4, -0.2) is 17.9 Å². The third kappa shape index (κ3) is 3.17. The normalized spacial score (nSPS) is 14.2. The second kappa shape index (κ2) is 6.64. The molecular weight excluding hydrogens is 369 g/mol. The summed E-state index contributed by atoms with van der Waals surface area (Å²) >= 11 is 0. The minimum Gasteiger partial charge on any atom is -0.406 e. The van der Waals surface area contributed by atoms with E-state index in [0.29, 0.717) is 27.8 Å². The average Bonchev–Trinajstić information content (AvgIpc) is 2.76. The molecule has 3 aromatic rings. The molecule has 0 spiro atoms. The molecule has 0 saturated carbocycles. The van der Waals surface area contributed by atoms with Gasteiger partial charge >= 0.3 is 6.36 Å². The van der Waals surface area contributed by atoms with Gasteiger partial charge in [0.25, 0.3) is 0 Å². The first kappa shape index (κ1) is 18.0. The zero-order chi connectivity index (χ0) is 19.9. The summed E-state index contributed by atoms with van der Waals surface area (Å²) in [5, 5.41) is 0. The monoisotopic (exact) mass is 382 g/mol. The number of ether oxygens (including phenoxy) is 1. The number of carbonyl (C=O) groups excluding carboxylic acids is 2. The molecule has 0 bridgehead atoms. The Morgan fingerprint density at radius 1 is 0.643 bits per heavy atom. The highest BCUT2D eigenvalue weighted by Crippen LogP contribution is 2.38. The van der Waals surface area contributed by atoms with E-state index in [0.717, 1.165) is 12.1 Å². The first-order valence-corrected chi connectivity index (χ1v) is 8.48. The quantitative estimate of drug-likeness (QED) is 0.556. The van der Waals surface area contributed by atoms with Gasteiger partial charge < -0.3 is 4.74 Å². The molecule has 0 unspecified atom stereocenters.